The highest BCUT2D eigenvalue weighted by atomic mass is 16.5. The van der Waals surface area contributed by atoms with Gasteiger partial charge >= 0.3 is 5.69 Å². The molecule has 1 N–H and O–H groups in total. The molecule has 1 saturated heterocycles. The number of fused-ring (bicyclic) bond motifs is 1. The smallest absolute Gasteiger partial charge is 0.348 e. The Morgan fingerprint density at radius 2 is 1.82 bits per heavy atom. The van der Waals surface area contributed by atoms with Crippen LogP contribution in [0.25, 0.3) is 22.2 Å². The predicted octanol–water partition coefficient (Wildman–Crippen LogP) is 4.99. The van der Waals surface area contributed by atoms with Gasteiger partial charge in [-0.3, -0.25) is 19.2 Å². The first-order valence-electron chi connectivity index (χ1n) is 15.0. The van der Waals surface area contributed by atoms with Crippen LogP contribution in [-0.4, -0.2) is 71.1 Å². The lowest BCUT2D eigenvalue weighted by Crippen LogP contribution is -2.48. The van der Waals surface area contributed by atoms with Crippen LogP contribution in [0.2, 0.25) is 0 Å². The molecule has 1 amide bonds. The van der Waals surface area contributed by atoms with Crippen LogP contribution in [0.3, 0.4) is 0 Å². The molecule has 2 heterocycles. The van der Waals surface area contributed by atoms with E-state index in [9.17, 15) is 9.59 Å². The molecule has 3 aromatic carbocycles. The third-order valence-corrected chi connectivity index (χ3v) is 7.90. The van der Waals surface area contributed by atoms with Crippen molar-refractivity contribution in [3.05, 3.63) is 101 Å². The van der Waals surface area contributed by atoms with E-state index in [0.717, 1.165) is 54.8 Å². The van der Waals surface area contributed by atoms with Crippen LogP contribution in [0, 0.1) is 12.3 Å². The monoisotopic (exact) mass is 589 g/mol. The van der Waals surface area contributed by atoms with Crippen molar-refractivity contribution in [1.29, 1.82) is 0 Å². The number of nitrogens with zero attached hydrogens (tertiary/aromatic N) is 4. The summed E-state index contributed by atoms with van der Waals surface area (Å²) in [5.74, 6) is 3.44. The maximum absolute atomic E-state index is 13.5. The first-order chi connectivity index (χ1) is 21.3. The Morgan fingerprint density at radius 3 is 2.52 bits per heavy atom. The van der Waals surface area contributed by atoms with E-state index in [1.54, 1.807) is 4.57 Å². The maximum atomic E-state index is 13.5. The summed E-state index contributed by atoms with van der Waals surface area (Å²) in [6.07, 6.45) is 7.33. The number of hydrogen-bond acceptors (Lipinski definition) is 6. The highest BCUT2D eigenvalue weighted by Gasteiger charge is 2.19. The number of carbonyl (C=O) groups excluding carboxylic acids is 1. The molecule has 0 unspecified atom stereocenters. The topological polar surface area (TPSA) is 79.7 Å². The highest BCUT2D eigenvalue weighted by molar-refractivity contribution is 5.94. The summed E-state index contributed by atoms with van der Waals surface area (Å²) >= 11 is 0. The number of benzene rings is 3. The van der Waals surface area contributed by atoms with Gasteiger partial charge < -0.3 is 10.1 Å². The number of piperazine rings is 1. The van der Waals surface area contributed by atoms with E-state index >= 15 is 0 Å². The Morgan fingerprint density at radius 1 is 1.07 bits per heavy atom. The van der Waals surface area contributed by atoms with E-state index in [1.807, 2.05) is 60.7 Å². The van der Waals surface area contributed by atoms with Crippen molar-refractivity contribution < 1.29 is 9.53 Å². The number of carbonyl (C=O) groups is 1. The van der Waals surface area contributed by atoms with Gasteiger partial charge in [-0.1, -0.05) is 62.2 Å². The molecule has 1 aliphatic rings. The molecule has 0 atom stereocenters. The minimum Gasteiger partial charge on any atom is -0.481 e. The number of anilines is 1. The number of nitrogens with one attached hydrogen (secondary N) is 1. The van der Waals surface area contributed by atoms with E-state index in [4.69, 9.17) is 11.2 Å². The molecule has 0 spiro atoms. The molecule has 8 nitrogen and oxygen atoms in total. The number of hydrogen-bond donors (Lipinski definition) is 1. The van der Waals surface area contributed by atoms with Gasteiger partial charge in [-0.05, 0) is 47.4 Å². The average molecular weight is 590 g/mol. The number of amides is 1. The lowest BCUT2D eigenvalue weighted by atomic mass is 9.99. The Bertz CT molecular complexity index is 1730. The van der Waals surface area contributed by atoms with Gasteiger partial charge in [0.1, 0.15) is 12.4 Å². The predicted molar refractivity (Wildman–Crippen MR) is 177 cm³/mol. The molecule has 44 heavy (non-hydrogen) atoms. The molecular formula is C36H39N5O3. The lowest BCUT2D eigenvalue weighted by Gasteiger charge is -2.33. The molecular weight excluding hydrogens is 550 g/mol. The Balaban J connectivity index is 1.39. The van der Waals surface area contributed by atoms with Crippen molar-refractivity contribution in [3.63, 3.8) is 0 Å². The minimum atomic E-state index is -0.359. The Hall–Kier alpha value is -4.71. The molecule has 8 heteroatoms. The Kier molecular flexibility index (Phi) is 9.90. The van der Waals surface area contributed by atoms with E-state index in [-0.39, 0.29) is 24.7 Å². The minimum absolute atomic E-state index is 0.0593. The zero-order valence-corrected chi connectivity index (χ0v) is 25.5. The van der Waals surface area contributed by atoms with Crippen LogP contribution in [-0.2, 0) is 11.3 Å². The number of terminal acetylenes is 1. The molecule has 1 aliphatic heterocycles. The first-order valence-corrected chi connectivity index (χ1v) is 15.0. The fraction of sp³-hybridized carbons (Fsp3) is 0.306. The van der Waals surface area contributed by atoms with Gasteiger partial charge in [0, 0.05) is 49.4 Å². The molecule has 5 rings (SSSR count). The van der Waals surface area contributed by atoms with Crippen LogP contribution in [0.1, 0.15) is 30.9 Å². The van der Waals surface area contributed by atoms with Crippen LogP contribution in [0.4, 0.5) is 5.69 Å². The summed E-state index contributed by atoms with van der Waals surface area (Å²) in [6.45, 7) is 13.3. The van der Waals surface area contributed by atoms with Crippen molar-refractivity contribution in [2.45, 2.75) is 26.3 Å². The van der Waals surface area contributed by atoms with Crippen LogP contribution in [0.15, 0.2) is 84.2 Å². The number of aromatic nitrogens is 2. The van der Waals surface area contributed by atoms with Gasteiger partial charge in [0.25, 0.3) is 0 Å². The van der Waals surface area contributed by atoms with Gasteiger partial charge in [0.15, 0.2) is 0 Å². The van der Waals surface area contributed by atoms with Crippen molar-refractivity contribution in [1.82, 2.24) is 19.4 Å². The fourth-order valence-corrected chi connectivity index (χ4v) is 5.52. The van der Waals surface area contributed by atoms with Crippen molar-refractivity contribution in [2.75, 3.05) is 51.2 Å². The standard InChI is InChI=1S/C36H39N5O3/c1-5-16-39-17-19-40(20-18-39)25-34(42)37-30-9-7-8-27(22-30)24-41-33-15-14-31(44-21-6-2)23-32(33)35(38-36(41)43)29-12-10-28(11-13-29)26(3)4/h2,5,7-15,22-23,26H,1,16-21,24-25H2,3-4H3,(H,37,42). The van der Waals surface area contributed by atoms with Crippen molar-refractivity contribution in [2.24, 2.45) is 0 Å². The molecule has 4 aromatic rings. The van der Waals surface area contributed by atoms with Gasteiger partial charge in [-0.25, -0.2) is 4.79 Å². The van der Waals surface area contributed by atoms with Gasteiger partial charge in [0.05, 0.1) is 24.3 Å². The summed E-state index contributed by atoms with van der Waals surface area (Å²) < 4.78 is 7.36. The molecule has 0 saturated carbocycles. The highest BCUT2D eigenvalue weighted by Crippen LogP contribution is 2.30. The van der Waals surface area contributed by atoms with E-state index in [1.165, 1.54) is 5.56 Å². The van der Waals surface area contributed by atoms with E-state index in [2.05, 4.69) is 58.6 Å². The largest absolute Gasteiger partial charge is 0.481 e. The molecule has 1 fully saturated rings. The Labute approximate surface area is 259 Å². The summed E-state index contributed by atoms with van der Waals surface area (Å²) in [6, 6.07) is 21.3. The average Bonchev–Trinajstić information content (AvgIpc) is 3.02. The third kappa shape index (κ3) is 7.43. The van der Waals surface area contributed by atoms with Crippen LogP contribution in [0.5, 0.6) is 5.75 Å². The maximum Gasteiger partial charge on any atom is 0.348 e. The van der Waals surface area contributed by atoms with Crippen molar-refractivity contribution >= 4 is 22.5 Å². The van der Waals surface area contributed by atoms with Crippen LogP contribution >= 0.6 is 0 Å². The van der Waals surface area contributed by atoms with Gasteiger partial charge in [-0.2, -0.15) is 4.98 Å². The van der Waals surface area contributed by atoms with Crippen LogP contribution < -0.4 is 15.7 Å². The summed E-state index contributed by atoms with van der Waals surface area (Å²) in [4.78, 5) is 35.4. The molecule has 0 radical (unpaired) electrons. The van der Waals surface area contributed by atoms with E-state index in [0.29, 0.717) is 29.6 Å². The van der Waals surface area contributed by atoms with E-state index < -0.39 is 0 Å². The number of ether oxygens (including phenoxy) is 1. The molecule has 226 valence electrons. The molecule has 1 aromatic heterocycles. The summed E-state index contributed by atoms with van der Waals surface area (Å²) in [7, 11) is 0. The second kappa shape index (κ2) is 14.2. The zero-order chi connectivity index (χ0) is 31.1. The lowest BCUT2D eigenvalue weighted by molar-refractivity contribution is -0.117. The quantitative estimate of drug-likeness (QED) is 0.196. The summed E-state index contributed by atoms with van der Waals surface area (Å²) in [5, 5.41) is 3.81. The second-order valence-electron chi connectivity index (χ2n) is 11.4. The number of rotatable bonds is 11. The van der Waals surface area contributed by atoms with Crippen molar-refractivity contribution in [3.8, 4) is 29.4 Å². The SMILES string of the molecule is C#CCOc1ccc2c(c1)c(-c1ccc(C(C)C)cc1)nc(=O)n2Cc1cccc(NC(=O)CN2CCN(CC=C)CC2)c1. The second-order valence-corrected chi connectivity index (χ2v) is 11.4. The van der Waals surface area contributed by atoms with Gasteiger partial charge in [0.2, 0.25) is 5.91 Å². The van der Waals surface area contributed by atoms with Gasteiger partial charge in [-0.15, -0.1) is 13.0 Å². The molecule has 0 aliphatic carbocycles. The normalized spacial score (nSPS) is 14.0. The fourth-order valence-electron chi connectivity index (χ4n) is 5.52. The zero-order valence-electron chi connectivity index (χ0n) is 25.5. The first kappa shape index (κ1) is 30.7. The molecule has 0 bridgehead atoms. The summed E-state index contributed by atoms with van der Waals surface area (Å²) in [5.41, 5.74) is 4.58. The third-order valence-electron chi connectivity index (χ3n) is 7.90.